The van der Waals surface area contributed by atoms with E-state index in [1.54, 1.807) is 30.5 Å². The fourth-order valence-corrected chi connectivity index (χ4v) is 5.58. The average Bonchev–Trinajstić information content (AvgIpc) is 3.34. The summed E-state index contributed by atoms with van der Waals surface area (Å²) < 4.78 is 5.37. The van der Waals surface area contributed by atoms with Gasteiger partial charge in [-0.1, -0.05) is 23.2 Å². The number of aryl methyl sites for hydroxylation is 2. The number of hydrogen-bond acceptors (Lipinski definition) is 6. The molecule has 0 spiro atoms. The first kappa shape index (κ1) is 21.3. The first-order valence-electron chi connectivity index (χ1n) is 9.45. The summed E-state index contributed by atoms with van der Waals surface area (Å²) in [5, 5.41) is 5.90. The first-order valence-corrected chi connectivity index (χ1v) is 11.9. The summed E-state index contributed by atoms with van der Waals surface area (Å²) >= 11 is 14.9. The number of anilines is 1. The van der Waals surface area contributed by atoms with Crippen molar-refractivity contribution in [1.82, 2.24) is 4.98 Å². The zero-order valence-electron chi connectivity index (χ0n) is 16.0. The van der Waals surface area contributed by atoms with Gasteiger partial charge in [-0.2, -0.15) is 0 Å². The third-order valence-corrected chi connectivity index (χ3v) is 7.31. The van der Waals surface area contributed by atoms with Gasteiger partial charge in [0.25, 0.3) is 5.91 Å². The minimum absolute atomic E-state index is 0.399. The molecule has 1 aromatic carbocycles. The second-order valence-electron chi connectivity index (χ2n) is 6.97. The number of amides is 1. The minimum atomic E-state index is -0.942. The lowest BCUT2D eigenvalue weighted by Gasteiger charge is -2.11. The standard InChI is InChI=1S/C21H18Cl2N2O3S2/c1-11(28-20(27)18-8-12-4-2-3-5-17(12)30-18)19(26)25-21-24-16(10-29-21)14-7-6-13(22)9-15(14)23/h6-11H,2-5H2,1H3,(H,24,25,26). The van der Waals surface area contributed by atoms with E-state index in [0.29, 0.717) is 25.7 Å². The summed E-state index contributed by atoms with van der Waals surface area (Å²) in [5.41, 5.74) is 2.58. The van der Waals surface area contributed by atoms with Crippen LogP contribution in [0, 0.1) is 0 Å². The molecule has 1 aliphatic carbocycles. The minimum Gasteiger partial charge on any atom is -0.448 e. The molecule has 0 saturated carbocycles. The van der Waals surface area contributed by atoms with Crippen molar-refractivity contribution in [3.05, 3.63) is 55.0 Å². The highest BCUT2D eigenvalue weighted by Crippen LogP contribution is 2.33. The maximum absolute atomic E-state index is 12.5. The molecule has 0 bridgehead atoms. The zero-order valence-corrected chi connectivity index (χ0v) is 19.2. The number of aromatic nitrogens is 1. The van der Waals surface area contributed by atoms with Gasteiger partial charge in [0, 0.05) is 20.8 Å². The highest BCUT2D eigenvalue weighted by molar-refractivity contribution is 7.14. The van der Waals surface area contributed by atoms with Gasteiger partial charge in [0.2, 0.25) is 0 Å². The highest BCUT2D eigenvalue weighted by atomic mass is 35.5. The number of nitrogens with one attached hydrogen (secondary N) is 1. The van der Waals surface area contributed by atoms with Crippen molar-refractivity contribution in [2.45, 2.75) is 38.7 Å². The molecule has 1 N–H and O–H groups in total. The lowest BCUT2D eigenvalue weighted by atomic mass is 9.99. The largest absolute Gasteiger partial charge is 0.448 e. The lowest BCUT2D eigenvalue weighted by molar-refractivity contribution is -0.123. The quantitative estimate of drug-likeness (QED) is 0.438. The molecule has 0 radical (unpaired) electrons. The molecular weight excluding hydrogens is 463 g/mol. The number of carbonyl (C=O) groups is 2. The summed E-state index contributed by atoms with van der Waals surface area (Å²) in [5.74, 6) is -0.905. The summed E-state index contributed by atoms with van der Waals surface area (Å²) in [6.45, 7) is 1.55. The van der Waals surface area contributed by atoms with Crippen LogP contribution in [0.1, 0.15) is 39.9 Å². The van der Waals surface area contributed by atoms with E-state index < -0.39 is 18.0 Å². The zero-order chi connectivity index (χ0) is 21.3. The Kier molecular flexibility index (Phi) is 6.43. The van der Waals surface area contributed by atoms with Crippen molar-refractivity contribution in [2.75, 3.05) is 5.32 Å². The molecule has 2 heterocycles. The van der Waals surface area contributed by atoms with Gasteiger partial charge in [0.1, 0.15) is 4.88 Å². The molecule has 3 aromatic rings. The van der Waals surface area contributed by atoms with E-state index in [0.717, 1.165) is 31.2 Å². The lowest BCUT2D eigenvalue weighted by Crippen LogP contribution is -2.29. The number of esters is 1. The van der Waals surface area contributed by atoms with Crippen molar-refractivity contribution < 1.29 is 14.3 Å². The SMILES string of the molecule is CC(OC(=O)c1cc2c(s1)CCCC2)C(=O)Nc1nc(-c2ccc(Cl)cc2Cl)cs1. The second kappa shape index (κ2) is 9.06. The van der Waals surface area contributed by atoms with Gasteiger partial charge in [-0.3, -0.25) is 10.1 Å². The molecule has 0 fully saturated rings. The van der Waals surface area contributed by atoms with E-state index >= 15 is 0 Å². The van der Waals surface area contributed by atoms with Crippen LogP contribution in [0.3, 0.4) is 0 Å². The van der Waals surface area contributed by atoms with Crippen molar-refractivity contribution in [2.24, 2.45) is 0 Å². The highest BCUT2D eigenvalue weighted by Gasteiger charge is 2.23. The third-order valence-electron chi connectivity index (χ3n) is 4.79. The van der Waals surface area contributed by atoms with Gasteiger partial charge in [-0.05, 0) is 62.4 Å². The molecule has 30 heavy (non-hydrogen) atoms. The number of halogens is 2. The molecule has 1 atom stereocenters. The Morgan fingerprint density at radius 1 is 1.20 bits per heavy atom. The van der Waals surface area contributed by atoms with Crippen molar-refractivity contribution >= 4 is 62.9 Å². The van der Waals surface area contributed by atoms with Crippen LogP contribution >= 0.6 is 45.9 Å². The Labute approximate surface area is 192 Å². The Morgan fingerprint density at radius 3 is 2.77 bits per heavy atom. The number of benzene rings is 1. The van der Waals surface area contributed by atoms with Crippen molar-refractivity contribution in [3.8, 4) is 11.3 Å². The van der Waals surface area contributed by atoms with Gasteiger partial charge in [-0.15, -0.1) is 22.7 Å². The van der Waals surface area contributed by atoms with E-state index in [9.17, 15) is 9.59 Å². The van der Waals surface area contributed by atoms with E-state index in [4.69, 9.17) is 27.9 Å². The molecule has 0 saturated heterocycles. The number of thiazole rings is 1. The summed E-state index contributed by atoms with van der Waals surface area (Å²) in [6.07, 6.45) is 3.36. The van der Waals surface area contributed by atoms with Crippen LogP contribution in [0.2, 0.25) is 10.0 Å². The monoisotopic (exact) mass is 480 g/mol. The summed E-state index contributed by atoms with van der Waals surface area (Å²) in [7, 11) is 0. The van der Waals surface area contributed by atoms with Crippen LogP contribution in [-0.2, 0) is 22.4 Å². The van der Waals surface area contributed by atoms with E-state index in [-0.39, 0.29) is 0 Å². The molecule has 1 aliphatic rings. The van der Waals surface area contributed by atoms with Crippen LogP contribution in [0.5, 0.6) is 0 Å². The Balaban J connectivity index is 1.38. The van der Waals surface area contributed by atoms with E-state index in [1.165, 1.54) is 33.1 Å². The molecule has 9 heteroatoms. The molecule has 5 nitrogen and oxygen atoms in total. The average molecular weight is 481 g/mol. The van der Waals surface area contributed by atoms with Crippen LogP contribution < -0.4 is 5.32 Å². The first-order chi connectivity index (χ1) is 14.4. The summed E-state index contributed by atoms with van der Waals surface area (Å²) in [4.78, 5) is 31.1. The third kappa shape index (κ3) is 4.70. The Bertz CT molecular complexity index is 1090. The van der Waals surface area contributed by atoms with Crippen LogP contribution in [0.15, 0.2) is 29.6 Å². The number of rotatable bonds is 5. The maximum atomic E-state index is 12.5. The Morgan fingerprint density at radius 2 is 2.00 bits per heavy atom. The number of carbonyl (C=O) groups excluding carboxylic acids is 2. The number of thiophene rings is 1. The van der Waals surface area contributed by atoms with Gasteiger partial charge >= 0.3 is 5.97 Å². The van der Waals surface area contributed by atoms with Crippen LogP contribution in [0.25, 0.3) is 11.3 Å². The van der Waals surface area contributed by atoms with Crippen LogP contribution in [0.4, 0.5) is 5.13 Å². The maximum Gasteiger partial charge on any atom is 0.349 e. The predicted octanol–water partition coefficient (Wildman–Crippen LogP) is 6.24. The molecule has 1 amide bonds. The van der Waals surface area contributed by atoms with E-state index in [2.05, 4.69) is 10.3 Å². The van der Waals surface area contributed by atoms with Crippen molar-refractivity contribution in [3.63, 3.8) is 0 Å². The van der Waals surface area contributed by atoms with Gasteiger partial charge < -0.3 is 4.74 Å². The fourth-order valence-electron chi connectivity index (χ4n) is 3.22. The topological polar surface area (TPSA) is 68.3 Å². The molecular formula is C21H18Cl2N2O3S2. The number of hydrogen-bond donors (Lipinski definition) is 1. The van der Waals surface area contributed by atoms with E-state index in [1.807, 2.05) is 6.07 Å². The Hall–Kier alpha value is -1.93. The molecule has 1 unspecified atom stereocenters. The predicted molar refractivity (Wildman–Crippen MR) is 122 cm³/mol. The van der Waals surface area contributed by atoms with Crippen molar-refractivity contribution in [1.29, 1.82) is 0 Å². The van der Waals surface area contributed by atoms with Gasteiger partial charge in [-0.25, -0.2) is 9.78 Å². The molecule has 0 aliphatic heterocycles. The normalized spacial score (nSPS) is 14.1. The number of nitrogens with zero attached hydrogens (tertiary/aromatic N) is 1. The summed E-state index contributed by atoms with van der Waals surface area (Å²) in [6, 6.07) is 7.04. The second-order valence-corrected chi connectivity index (χ2v) is 9.80. The fraction of sp³-hybridized carbons (Fsp3) is 0.286. The number of fused-ring (bicyclic) bond motifs is 1. The molecule has 2 aromatic heterocycles. The van der Waals surface area contributed by atoms with Gasteiger partial charge in [0.05, 0.1) is 10.7 Å². The van der Waals surface area contributed by atoms with Gasteiger partial charge in [0.15, 0.2) is 11.2 Å². The number of ether oxygens (including phenoxy) is 1. The molecule has 4 rings (SSSR count). The van der Waals surface area contributed by atoms with Crippen LogP contribution in [-0.4, -0.2) is 23.0 Å². The smallest absolute Gasteiger partial charge is 0.349 e. The molecule has 156 valence electrons.